The van der Waals surface area contributed by atoms with E-state index in [0.29, 0.717) is 25.7 Å². The first-order chi connectivity index (χ1) is 8.88. The van der Waals surface area contributed by atoms with Crippen LogP contribution in [0.25, 0.3) is 0 Å². The van der Waals surface area contributed by atoms with Gasteiger partial charge in [0.1, 0.15) is 17.4 Å². The fraction of sp³-hybridized carbons (Fsp3) is 0.308. The molecule has 96 valence electrons. The average molecular weight is 284 g/mol. The molecule has 0 saturated carbocycles. The predicted octanol–water partition coefficient (Wildman–Crippen LogP) is 3.48. The SMILES string of the molecule is ClCc1csc(COCCOc2ccccc2)n1. The Hall–Kier alpha value is -1.10. The molecule has 2 rings (SSSR count). The van der Waals surface area contributed by atoms with E-state index in [1.165, 1.54) is 0 Å². The molecule has 2 aromatic rings. The van der Waals surface area contributed by atoms with Crippen molar-refractivity contribution in [2.24, 2.45) is 0 Å². The van der Waals surface area contributed by atoms with Crippen molar-refractivity contribution in [1.82, 2.24) is 4.98 Å². The highest BCUT2D eigenvalue weighted by molar-refractivity contribution is 7.09. The van der Waals surface area contributed by atoms with Gasteiger partial charge < -0.3 is 9.47 Å². The van der Waals surface area contributed by atoms with Gasteiger partial charge in [-0.3, -0.25) is 0 Å². The molecule has 0 N–H and O–H groups in total. The summed E-state index contributed by atoms with van der Waals surface area (Å²) in [6.45, 7) is 1.60. The lowest BCUT2D eigenvalue weighted by Crippen LogP contribution is -2.06. The fourth-order valence-corrected chi connectivity index (χ4v) is 2.33. The molecule has 0 saturated heterocycles. The summed E-state index contributed by atoms with van der Waals surface area (Å²) < 4.78 is 11.0. The summed E-state index contributed by atoms with van der Waals surface area (Å²) in [6.07, 6.45) is 0. The van der Waals surface area contributed by atoms with Crippen molar-refractivity contribution in [1.29, 1.82) is 0 Å². The van der Waals surface area contributed by atoms with Gasteiger partial charge in [-0.05, 0) is 12.1 Å². The van der Waals surface area contributed by atoms with E-state index in [4.69, 9.17) is 21.1 Å². The minimum absolute atomic E-state index is 0.452. The Kier molecular flexibility index (Phi) is 5.45. The molecule has 0 aliphatic heterocycles. The molecule has 0 atom stereocenters. The molecular formula is C13H14ClNO2S. The summed E-state index contributed by atoms with van der Waals surface area (Å²) in [4.78, 5) is 4.31. The Bertz CT molecular complexity index is 461. The van der Waals surface area contributed by atoms with Crippen LogP contribution in [0.5, 0.6) is 5.75 Å². The number of ether oxygens (including phenoxy) is 2. The molecule has 0 spiro atoms. The summed E-state index contributed by atoms with van der Waals surface area (Å²) in [5, 5.41) is 2.90. The minimum atomic E-state index is 0.452. The van der Waals surface area contributed by atoms with Crippen LogP contribution in [-0.4, -0.2) is 18.2 Å². The quantitative estimate of drug-likeness (QED) is 0.576. The zero-order chi connectivity index (χ0) is 12.6. The van der Waals surface area contributed by atoms with Gasteiger partial charge in [0.25, 0.3) is 0 Å². The normalized spacial score (nSPS) is 10.5. The fourth-order valence-electron chi connectivity index (χ4n) is 1.37. The van der Waals surface area contributed by atoms with Crippen molar-refractivity contribution in [2.45, 2.75) is 12.5 Å². The van der Waals surface area contributed by atoms with Crippen LogP contribution in [0, 0.1) is 0 Å². The second-order valence-electron chi connectivity index (χ2n) is 3.58. The number of para-hydroxylation sites is 1. The zero-order valence-corrected chi connectivity index (χ0v) is 11.4. The average Bonchev–Trinajstić information content (AvgIpc) is 2.87. The summed E-state index contributed by atoms with van der Waals surface area (Å²) in [6, 6.07) is 9.69. The van der Waals surface area contributed by atoms with Gasteiger partial charge in [0.15, 0.2) is 0 Å². The van der Waals surface area contributed by atoms with Crippen LogP contribution in [0.1, 0.15) is 10.7 Å². The van der Waals surface area contributed by atoms with E-state index in [1.807, 2.05) is 35.7 Å². The van der Waals surface area contributed by atoms with Crippen LogP contribution < -0.4 is 4.74 Å². The number of hydrogen-bond acceptors (Lipinski definition) is 4. The zero-order valence-electron chi connectivity index (χ0n) is 9.84. The smallest absolute Gasteiger partial charge is 0.119 e. The van der Waals surface area contributed by atoms with E-state index in [0.717, 1.165) is 16.5 Å². The molecule has 0 radical (unpaired) electrons. The van der Waals surface area contributed by atoms with Gasteiger partial charge in [-0.15, -0.1) is 22.9 Å². The molecule has 1 aromatic carbocycles. The molecular weight excluding hydrogens is 270 g/mol. The van der Waals surface area contributed by atoms with Crippen LogP contribution in [0.2, 0.25) is 0 Å². The first-order valence-corrected chi connectivity index (χ1v) is 7.05. The third kappa shape index (κ3) is 4.29. The number of alkyl halides is 1. The Morgan fingerprint density at radius 3 is 2.72 bits per heavy atom. The number of thiazole rings is 1. The van der Waals surface area contributed by atoms with Crippen molar-refractivity contribution < 1.29 is 9.47 Å². The van der Waals surface area contributed by atoms with E-state index in [1.54, 1.807) is 11.3 Å². The van der Waals surface area contributed by atoms with Gasteiger partial charge in [-0.2, -0.15) is 0 Å². The van der Waals surface area contributed by atoms with E-state index in [9.17, 15) is 0 Å². The number of rotatable bonds is 7. The van der Waals surface area contributed by atoms with Gasteiger partial charge in [0, 0.05) is 5.38 Å². The third-order valence-electron chi connectivity index (χ3n) is 2.20. The number of halogens is 1. The van der Waals surface area contributed by atoms with Crippen molar-refractivity contribution in [3.05, 3.63) is 46.4 Å². The summed E-state index contributed by atoms with van der Waals surface area (Å²) in [7, 11) is 0. The van der Waals surface area contributed by atoms with Crippen LogP contribution in [0.15, 0.2) is 35.7 Å². The lowest BCUT2D eigenvalue weighted by Gasteiger charge is -2.05. The Balaban J connectivity index is 1.61. The maximum absolute atomic E-state index is 5.68. The summed E-state index contributed by atoms with van der Waals surface area (Å²) in [5.74, 6) is 1.31. The monoisotopic (exact) mass is 283 g/mol. The van der Waals surface area contributed by atoms with Gasteiger partial charge in [0.2, 0.25) is 0 Å². The number of benzene rings is 1. The Labute approximate surface area is 115 Å². The molecule has 0 fully saturated rings. The highest BCUT2D eigenvalue weighted by atomic mass is 35.5. The van der Waals surface area contributed by atoms with Crippen LogP contribution in [0.3, 0.4) is 0 Å². The minimum Gasteiger partial charge on any atom is -0.491 e. The van der Waals surface area contributed by atoms with Crippen molar-refractivity contribution in [2.75, 3.05) is 13.2 Å². The van der Waals surface area contributed by atoms with Gasteiger partial charge in [0.05, 0.1) is 24.8 Å². The van der Waals surface area contributed by atoms with E-state index in [2.05, 4.69) is 4.98 Å². The maximum Gasteiger partial charge on any atom is 0.119 e. The second kappa shape index (κ2) is 7.36. The highest BCUT2D eigenvalue weighted by Gasteiger charge is 2.01. The number of nitrogens with zero attached hydrogens (tertiary/aromatic N) is 1. The van der Waals surface area contributed by atoms with Crippen molar-refractivity contribution in [3.8, 4) is 5.75 Å². The molecule has 18 heavy (non-hydrogen) atoms. The van der Waals surface area contributed by atoms with Crippen LogP contribution in [0.4, 0.5) is 0 Å². The predicted molar refractivity (Wildman–Crippen MR) is 73.3 cm³/mol. The molecule has 5 heteroatoms. The first-order valence-electron chi connectivity index (χ1n) is 5.63. The van der Waals surface area contributed by atoms with E-state index >= 15 is 0 Å². The number of hydrogen-bond donors (Lipinski definition) is 0. The van der Waals surface area contributed by atoms with Crippen molar-refractivity contribution >= 4 is 22.9 Å². The molecule has 1 heterocycles. The molecule has 3 nitrogen and oxygen atoms in total. The van der Waals surface area contributed by atoms with E-state index < -0.39 is 0 Å². The third-order valence-corrected chi connectivity index (χ3v) is 3.35. The first kappa shape index (κ1) is 13.3. The largest absolute Gasteiger partial charge is 0.491 e. The maximum atomic E-state index is 5.68. The summed E-state index contributed by atoms with van der Waals surface area (Å²) in [5.41, 5.74) is 0.904. The van der Waals surface area contributed by atoms with Crippen LogP contribution >= 0.6 is 22.9 Å². The van der Waals surface area contributed by atoms with Crippen LogP contribution in [-0.2, 0) is 17.2 Å². The molecule has 0 aliphatic carbocycles. The standard InChI is InChI=1S/C13H14ClNO2S/c14-8-11-10-18-13(15-11)9-16-6-7-17-12-4-2-1-3-5-12/h1-5,10H,6-9H2. The molecule has 0 unspecified atom stereocenters. The Morgan fingerprint density at radius 2 is 2.00 bits per heavy atom. The van der Waals surface area contributed by atoms with E-state index in [-0.39, 0.29) is 0 Å². The lowest BCUT2D eigenvalue weighted by molar-refractivity contribution is 0.0887. The molecule has 1 aromatic heterocycles. The van der Waals surface area contributed by atoms with Gasteiger partial charge in [-0.25, -0.2) is 4.98 Å². The summed E-state index contributed by atoms with van der Waals surface area (Å²) >= 11 is 7.24. The molecule has 0 amide bonds. The number of aromatic nitrogens is 1. The Morgan fingerprint density at radius 1 is 1.17 bits per heavy atom. The topological polar surface area (TPSA) is 31.4 Å². The molecule has 0 aliphatic rings. The van der Waals surface area contributed by atoms with Gasteiger partial charge >= 0.3 is 0 Å². The van der Waals surface area contributed by atoms with Crippen molar-refractivity contribution in [3.63, 3.8) is 0 Å². The highest BCUT2D eigenvalue weighted by Crippen LogP contribution is 2.12. The molecule has 0 bridgehead atoms. The lowest BCUT2D eigenvalue weighted by atomic mass is 10.3. The second-order valence-corrected chi connectivity index (χ2v) is 4.79. The van der Waals surface area contributed by atoms with Gasteiger partial charge in [-0.1, -0.05) is 18.2 Å².